The molecule has 0 bridgehead atoms. The summed E-state index contributed by atoms with van der Waals surface area (Å²) in [5.41, 5.74) is 15.9. The van der Waals surface area contributed by atoms with Gasteiger partial charge in [-0.2, -0.15) is 0 Å². The van der Waals surface area contributed by atoms with Gasteiger partial charge in [0.25, 0.3) is 0 Å². The van der Waals surface area contributed by atoms with E-state index in [-0.39, 0.29) is 38.7 Å². The van der Waals surface area contributed by atoms with Crippen LogP contribution in [0.25, 0.3) is 88.3 Å². The summed E-state index contributed by atoms with van der Waals surface area (Å²) in [7, 11) is -0.102. The van der Waals surface area contributed by atoms with Crippen molar-refractivity contribution >= 4 is 105 Å². The first-order valence-electron chi connectivity index (χ1n) is 27.1. The minimum absolute atomic E-state index is 0. The Morgan fingerprint density at radius 1 is 0.447 bits per heavy atom. The molecule has 6 aromatic carbocycles. The third kappa shape index (κ3) is 9.71. The van der Waals surface area contributed by atoms with Crippen LogP contribution in [-0.2, 0) is 29.7 Å². The number of hydrogen-bond acceptors (Lipinski definition) is 4. The third-order valence-electron chi connectivity index (χ3n) is 16.4. The van der Waals surface area contributed by atoms with Crippen LogP contribution in [0, 0.1) is 0 Å². The summed E-state index contributed by atoms with van der Waals surface area (Å²) >= 11 is 7.39. The topological polar surface area (TPSA) is 53.1 Å². The van der Waals surface area contributed by atoms with Crippen LogP contribution in [0.1, 0.15) is 116 Å². The summed E-state index contributed by atoms with van der Waals surface area (Å²) < 4.78 is 18.8. The Labute approximate surface area is 477 Å². The largest absolute Gasteiger partial charge is 0.490 e. The second-order valence-electron chi connectivity index (χ2n) is 21.6. The van der Waals surface area contributed by atoms with Crippen molar-refractivity contribution in [1.82, 2.24) is 18.8 Å². The molecule has 0 saturated carbocycles. The average Bonchev–Trinajstić information content (AvgIpc) is 4.28. The zero-order valence-electron chi connectivity index (χ0n) is 43.8. The quantitative estimate of drug-likeness (QED) is 0.127. The van der Waals surface area contributed by atoms with Crippen LogP contribution in [0.2, 0.25) is 0 Å². The van der Waals surface area contributed by atoms with E-state index in [4.69, 9.17) is 19.3 Å². The molecule has 5 heterocycles. The van der Waals surface area contributed by atoms with Crippen LogP contribution in [-0.4, -0.2) is 37.1 Å². The van der Waals surface area contributed by atoms with Crippen LogP contribution >= 0.6 is 31.9 Å². The van der Waals surface area contributed by atoms with Gasteiger partial charge in [-0.15, -0.1) is 0 Å². The van der Waals surface area contributed by atoms with Gasteiger partial charge in [0, 0.05) is 62.0 Å². The standard InChI is InChI=1S/C33H30N2.C21H12Br2N2.C12H21BO2.Pd/c1-3-12-23(13-4-1)25-19-11-20-26(24-14-5-2-6-15-24)32(25)31-22-34-33-29-18-8-7-16-27(29)28-17-9-10-21-30(28)35(31)33;22-16-9-5-10-17(23)20(16)19-12-24-21-15-8-2-1-6-13(15)14-7-3-4-11-18(14)25(19)21;1-11(2)12(3,4)15-13(14-11)10-8-6-5-7-9-10;/h7-12,14,16-22H,1-6,13,15H2;1-12H;8H,5-7,9H2,1-4H3;. The molecule has 10 aromatic rings. The van der Waals surface area contributed by atoms with Crippen molar-refractivity contribution in [1.29, 1.82) is 0 Å². The van der Waals surface area contributed by atoms with Gasteiger partial charge in [0.1, 0.15) is 11.3 Å². The van der Waals surface area contributed by atoms with Crippen molar-refractivity contribution in [2.24, 2.45) is 0 Å². The summed E-state index contributed by atoms with van der Waals surface area (Å²) in [5, 5.41) is 7.39. The average molecular weight is 1220 g/mol. The zero-order chi connectivity index (χ0) is 51.3. The van der Waals surface area contributed by atoms with Gasteiger partial charge in [-0.05, 0) is 168 Å². The molecule has 0 unspecified atom stereocenters. The molecule has 0 radical (unpaired) electrons. The Morgan fingerprint density at radius 2 is 0.855 bits per heavy atom. The number of para-hydroxylation sites is 2. The molecule has 0 N–H and O–H groups in total. The summed E-state index contributed by atoms with van der Waals surface area (Å²) in [6.45, 7) is 8.43. The van der Waals surface area contributed by atoms with Gasteiger partial charge in [-0.25, -0.2) is 9.97 Å². The molecule has 1 fully saturated rings. The molecule has 76 heavy (non-hydrogen) atoms. The van der Waals surface area contributed by atoms with Crippen LogP contribution in [0.4, 0.5) is 0 Å². The molecule has 10 heteroatoms. The molecule has 0 amide bonds. The van der Waals surface area contributed by atoms with Gasteiger partial charge in [0.2, 0.25) is 0 Å². The molecule has 4 aliphatic rings. The molecule has 6 nitrogen and oxygen atoms in total. The Balaban J connectivity index is 0.000000131. The fourth-order valence-corrected chi connectivity index (χ4v) is 13.3. The SMILES string of the molecule is Brc1cccc(Br)c1-c1cnc2c3ccccc3c3ccccc3n12.C1=C(c2cccc(C3=CCCCC3)c2-c2cnc3c4ccccc4c4ccccc4n23)CCCC1.CC1(C)OB(C2=CCCCC2)OC1(C)C.[Pd]. The monoisotopic (exact) mass is 1220 g/mol. The van der Waals surface area contributed by atoms with Crippen LogP contribution in [0.15, 0.2) is 178 Å². The van der Waals surface area contributed by atoms with Gasteiger partial charge in [-0.1, -0.05) is 159 Å². The van der Waals surface area contributed by atoms with Crippen molar-refractivity contribution in [2.75, 3.05) is 0 Å². The van der Waals surface area contributed by atoms with E-state index in [1.807, 2.05) is 12.3 Å². The zero-order valence-corrected chi connectivity index (χ0v) is 48.6. The maximum absolute atomic E-state index is 6.01. The molecule has 4 aromatic heterocycles. The molecule has 0 atom stereocenters. The van der Waals surface area contributed by atoms with Gasteiger partial charge < -0.3 is 9.31 Å². The molecule has 3 aliphatic carbocycles. The van der Waals surface area contributed by atoms with Gasteiger partial charge in [0.15, 0.2) is 0 Å². The molecule has 1 saturated heterocycles. The molecule has 14 rings (SSSR count). The number of aromatic nitrogens is 4. The van der Waals surface area contributed by atoms with E-state index in [1.165, 1.54) is 129 Å². The number of pyridine rings is 2. The summed E-state index contributed by atoms with van der Waals surface area (Å²) in [6.07, 6.45) is 26.1. The van der Waals surface area contributed by atoms with Gasteiger partial charge in [-0.3, -0.25) is 8.80 Å². The van der Waals surface area contributed by atoms with E-state index < -0.39 is 0 Å². The van der Waals surface area contributed by atoms with Crippen LogP contribution < -0.4 is 0 Å². The molecule has 0 spiro atoms. The second kappa shape index (κ2) is 22.1. The van der Waals surface area contributed by atoms with Crippen molar-refractivity contribution in [2.45, 2.75) is 116 Å². The first kappa shape index (κ1) is 52.6. The molecular formula is C66H63BBr2N4O2Pd. The Hall–Kier alpha value is -5.43. The first-order valence-corrected chi connectivity index (χ1v) is 28.7. The normalized spacial score (nSPS) is 17.2. The number of allylic oxidation sites excluding steroid dienone is 6. The minimum Gasteiger partial charge on any atom is -0.400 e. The fourth-order valence-electron chi connectivity index (χ4n) is 11.9. The van der Waals surface area contributed by atoms with E-state index >= 15 is 0 Å². The summed E-state index contributed by atoms with van der Waals surface area (Å²) in [5.74, 6) is 0. The van der Waals surface area contributed by atoms with Crippen molar-refractivity contribution < 1.29 is 29.7 Å². The second-order valence-corrected chi connectivity index (χ2v) is 23.3. The van der Waals surface area contributed by atoms with Gasteiger partial charge in [0.05, 0.1) is 46.0 Å². The van der Waals surface area contributed by atoms with E-state index in [2.05, 4.69) is 220 Å². The first-order chi connectivity index (χ1) is 36.6. The number of rotatable bonds is 5. The van der Waals surface area contributed by atoms with Crippen molar-refractivity contribution in [3.8, 4) is 22.5 Å². The number of nitrogens with zero attached hydrogens (tertiary/aromatic N) is 4. The van der Waals surface area contributed by atoms with E-state index in [9.17, 15) is 0 Å². The van der Waals surface area contributed by atoms with E-state index in [0.717, 1.165) is 61.7 Å². The molecule has 1 aliphatic heterocycles. The Bertz CT molecular complexity index is 3840. The van der Waals surface area contributed by atoms with E-state index in [1.54, 1.807) is 0 Å². The van der Waals surface area contributed by atoms with Crippen LogP contribution in [0.3, 0.4) is 0 Å². The number of benzene rings is 6. The maximum Gasteiger partial charge on any atom is 0.490 e. The number of fused-ring (bicyclic) bond motifs is 12. The van der Waals surface area contributed by atoms with E-state index in [0.29, 0.717) is 0 Å². The molecule has 386 valence electrons. The van der Waals surface area contributed by atoms with Crippen molar-refractivity contribution in [3.05, 3.63) is 190 Å². The fraction of sp³-hybridized carbons (Fsp3) is 0.273. The predicted molar refractivity (Wildman–Crippen MR) is 322 cm³/mol. The maximum atomic E-state index is 6.01. The number of imidazole rings is 2. The third-order valence-corrected chi connectivity index (χ3v) is 17.7. The minimum atomic E-state index is -0.198. The van der Waals surface area contributed by atoms with Crippen molar-refractivity contribution in [3.63, 3.8) is 0 Å². The Morgan fingerprint density at radius 3 is 1.30 bits per heavy atom. The van der Waals surface area contributed by atoms with Gasteiger partial charge >= 0.3 is 7.12 Å². The summed E-state index contributed by atoms with van der Waals surface area (Å²) in [6, 6.07) is 47.6. The molecular weight excluding hydrogens is 1160 g/mol. The summed E-state index contributed by atoms with van der Waals surface area (Å²) in [4.78, 5) is 9.85. The predicted octanol–water partition coefficient (Wildman–Crippen LogP) is 19.2. The van der Waals surface area contributed by atoms with Crippen LogP contribution in [0.5, 0.6) is 0 Å². The Kier molecular flexibility index (Phi) is 15.3. The smallest absolute Gasteiger partial charge is 0.400 e. The number of hydrogen-bond donors (Lipinski definition) is 0. The number of halogens is 2.